The molecule has 4 nitrogen and oxygen atoms in total. The fourth-order valence-electron chi connectivity index (χ4n) is 5.35. The van der Waals surface area contributed by atoms with Crippen LogP contribution < -0.4 is 10.2 Å². The molecule has 2 aromatic rings. The summed E-state index contributed by atoms with van der Waals surface area (Å²) in [4.78, 5) is 28.6. The molecule has 1 N–H and O–H groups in total. The Balaban J connectivity index is 1.84. The lowest BCUT2D eigenvalue weighted by molar-refractivity contribution is -0.116. The van der Waals surface area contributed by atoms with E-state index in [-0.39, 0.29) is 17.2 Å². The topological polar surface area (TPSA) is 49.4 Å². The van der Waals surface area contributed by atoms with Gasteiger partial charge in [0.15, 0.2) is 0 Å². The van der Waals surface area contributed by atoms with E-state index in [0.717, 1.165) is 34.4 Å². The third-order valence-corrected chi connectivity index (χ3v) is 7.96. The van der Waals surface area contributed by atoms with Gasteiger partial charge in [0.05, 0.1) is 16.2 Å². The minimum absolute atomic E-state index is 0.132. The molecule has 1 fully saturated rings. The van der Waals surface area contributed by atoms with E-state index in [2.05, 4.69) is 44.3 Å². The zero-order valence-electron chi connectivity index (χ0n) is 17.6. The zero-order valence-corrected chi connectivity index (χ0v) is 20.0. The lowest BCUT2D eigenvalue weighted by Crippen LogP contribution is -2.54. The number of anilines is 1. The van der Waals surface area contributed by atoms with Gasteiger partial charge in [0.1, 0.15) is 4.32 Å². The van der Waals surface area contributed by atoms with E-state index < -0.39 is 5.54 Å². The lowest BCUT2D eigenvalue weighted by Gasteiger charge is -2.50. The van der Waals surface area contributed by atoms with E-state index in [4.69, 9.17) is 23.8 Å². The molecule has 1 unspecified atom stereocenters. The smallest absolute Gasteiger partial charge is 0.264 e. The molecule has 0 radical (unpaired) electrons. The van der Waals surface area contributed by atoms with Gasteiger partial charge in [-0.15, -0.1) is 0 Å². The van der Waals surface area contributed by atoms with Crippen molar-refractivity contribution in [2.24, 2.45) is 0 Å². The van der Waals surface area contributed by atoms with Gasteiger partial charge in [-0.3, -0.25) is 9.59 Å². The highest BCUT2D eigenvalue weighted by atomic mass is 35.5. The van der Waals surface area contributed by atoms with E-state index in [1.54, 1.807) is 0 Å². The molecule has 3 heterocycles. The van der Waals surface area contributed by atoms with Gasteiger partial charge in [0.25, 0.3) is 11.8 Å². The molecular weight excluding hydrogens is 448 g/mol. The van der Waals surface area contributed by atoms with Crippen LogP contribution in [0.1, 0.15) is 49.4 Å². The molecule has 2 amide bonds. The van der Waals surface area contributed by atoms with Crippen molar-refractivity contribution in [3.05, 3.63) is 68.6 Å². The summed E-state index contributed by atoms with van der Waals surface area (Å²) >= 11 is 12.5. The van der Waals surface area contributed by atoms with Crippen molar-refractivity contribution in [3.63, 3.8) is 0 Å². The van der Waals surface area contributed by atoms with Crippen molar-refractivity contribution in [2.75, 3.05) is 4.90 Å². The normalized spacial score (nSPS) is 26.4. The average Bonchev–Trinajstić information content (AvgIpc) is 3.15. The summed E-state index contributed by atoms with van der Waals surface area (Å²) in [6, 6.07) is 12.1. The largest absolute Gasteiger partial charge is 0.307 e. The van der Waals surface area contributed by atoms with E-state index in [9.17, 15) is 9.59 Å². The van der Waals surface area contributed by atoms with Crippen LogP contribution in [0.3, 0.4) is 0 Å². The van der Waals surface area contributed by atoms with Crippen LogP contribution in [0, 0.1) is 6.92 Å². The maximum Gasteiger partial charge on any atom is 0.264 e. The number of carbonyl (C=O) groups excluding carboxylic acids is 2. The van der Waals surface area contributed by atoms with E-state index in [1.165, 1.54) is 11.8 Å². The second kappa shape index (κ2) is 6.67. The average molecular weight is 469 g/mol. The van der Waals surface area contributed by atoms with Gasteiger partial charge in [-0.05, 0) is 56.5 Å². The maximum atomic E-state index is 13.8. The Morgan fingerprint density at radius 2 is 1.81 bits per heavy atom. The molecule has 3 aliphatic heterocycles. The molecule has 1 saturated heterocycles. The Labute approximate surface area is 196 Å². The number of nitrogens with zero attached hydrogens (tertiary/aromatic N) is 1. The van der Waals surface area contributed by atoms with Crippen LogP contribution in [-0.4, -0.2) is 21.7 Å². The van der Waals surface area contributed by atoms with Gasteiger partial charge in [-0.25, -0.2) is 0 Å². The Morgan fingerprint density at radius 1 is 1.13 bits per heavy atom. The first-order chi connectivity index (χ1) is 14.5. The van der Waals surface area contributed by atoms with Gasteiger partial charge in [-0.2, -0.15) is 0 Å². The summed E-state index contributed by atoms with van der Waals surface area (Å²) in [5.41, 5.74) is 4.70. The van der Waals surface area contributed by atoms with E-state index in [0.29, 0.717) is 19.8 Å². The van der Waals surface area contributed by atoms with Crippen LogP contribution in [0.15, 0.2) is 41.3 Å². The first-order valence-corrected chi connectivity index (χ1v) is 11.7. The minimum Gasteiger partial charge on any atom is -0.307 e. The lowest BCUT2D eigenvalue weighted by atomic mass is 9.65. The van der Waals surface area contributed by atoms with Crippen molar-refractivity contribution in [1.29, 1.82) is 0 Å². The van der Waals surface area contributed by atoms with Crippen LogP contribution in [0.25, 0.3) is 5.57 Å². The van der Waals surface area contributed by atoms with Crippen molar-refractivity contribution in [2.45, 2.75) is 45.1 Å². The number of amides is 2. The molecule has 0 aliphatic carbocycles. The SMILES string of the molecule is Cc1cc2c3c(c1)C(C)(c1ccc(Cl)cc1)CC(C)(C)N3C(=O)C2=C1SC(=S)NC1=O. The summed E-state index contributed by atoms with van der Waals surface area (Å²) in [7, 11) is 0. The van der Waals surface area contributed by atoms with Crippen molar-refractivity contribution in [1.82, 2.24) is 5.32 Å². The highest BCUT2D eigenvalue weighted by Crippen LogP contribution is 2.57. The predicted octanol–water partition coefficient (Wildman–Crippen LogP) is 5.34. The molecule has 0 spiro atoms. The minimum atomic E-state index is -0.453. The third-order valence-electron chi connectivity index (χ3n) is 6.48. The van der Waals surface area contributed by atoms with Crippen molar-refractivity contribution >= 4 is 63.0 Å². The third kappa shape index (κ3) is 2.92. The molecule has 0 aromatic heterocycles. The summed E-state index contributed by atoms with van der Waals surface area (Å²) in [6.07, 6.45) is 0.740. The van der Waals surface area contributed by atoms with Gasteiger partial charge in [0, 0.05) is 21.5 Å². The second-order valence-electron chi connectivity index (χ2n) is 9.23. The molecule has 0 bridgehead atoms. The number of thioether (sulfide) groups is 1. The number of halogens is 1. The number of aryl methyl sites for hydroxylation is 1. The molecule has 2 aromatic carbocycles. The Morgan fingerprint density at radius 3 is 2.42 bits per heavy atom. The summed E-state index contributed by atoms with van der Waals surface area (Å²) in [5.74, 6) is -0.431. The van der Waals surface area contributed by atoms with Crippen LogP contribution in [0.4, 0.5) is 5.69 Å². The zero-order chi connectivity index (χ0) is 22.3. The second-order valence-corrected chi connectivity index (χ2v) is 11.3. The molecule has 5 rings (SSSR count). The maximum absolute atomic E-state index is 13.8. The van der Waals surface area contributed by atoms with Gasteiger partial charge >= 0.3 is 0 Å². The van der Waals surface area contributed by atoms with E-state index >= 15 is 0 Å². The number of rotatable bonds is 1. The molecule has 31 heavy (non-hydrogen) atoms. The Bertz CT molecular complexity index is 1230. The fraction of sp³-hybridized carbons (Fsp3) is 0.292. The summed E-state index contributed by atoms with van der Waals surface area (Å²) in [5, 5.41) is 3.35. The highest BCUT2D eigenvalue weighted by molar-refractivity contribution is 8.27. The molecule has 3 aliphatic rings. The van der Waals surface area contributed by atoms with Crippen LogP contribution in [0.5, 0.6) is 0 Å². The van der Waals surface area contributed by atoms with Gasteiger partial charge in [0.2, 0.25) is 0 Å². The molecule has 0 saturated carbocycles. The molecular formula is C24H21ClN2O2S2. The van der Waals surface area contributed by atoms with Crippen LogP contribution in [0.2, 0.25) is 5.02 Å². The number of thiocarbonyl (C=S) groups is 1. The first-order valence-electron chi connectivity index (χ1n) is 10.1. The highest BCUT2D eigenvalue weighted by Gasteiger charge is 2.53. The summed E-state index contributed by atoms with van der Waals surface area (Å²) < 4.78 is 0.383. The van der Waals surface area contributed by atoms with Crippen LogP contribution >= 0.6 is 35.6 Å². The Kier molecular flexibility index (Phi) is 4.46. The molecule has 158 valence electrons. The van der Waals surface area contributed by atoms with Gasteiger partial charge < -0.3 is 10.2 Å². The molecule has 1 atom stereocenters. The number of nitrogens with one attached hydrogen (secondary N) is 1. The van der Waals surface area contributed by atoms with Crippen molar-refractivity contribution in [3.8, 4) is 0 Å². The first kappa shape index (κ1) is 20.7. The standard InChI is InChI=1S/C24H21ClN2O2S2/c1-12-9-15-17(19-20(28)26-22(30)31-19)21(29)27-18(15)16(10-12)24(4,11-23(27,2)3)13-5-7-14(25)8-6-13/h5-10H,11H2,1-4H3,(H,26,28,30). The summed E-state index contributed by atoms with van der Waals surface area (Å²) in [6.45, 7) is 8.43. The van der Waals surface area contributed by atoms with Crippen LogP contribution in [-0.2, 0) is 15.0 Å². The number of hydrogen-bond acceptors (Lipinski definition) is 4. The number of hydrogen-bond donors (Lipinski definition) is 1. The molecule has 7 heteroatoms. The quantitative estimate of drug-likeness (QED) is 0.453. The number of carbonyl (C=O) groups is 2. The fourth-order valence-corrected chi connectivity index (χ4v) is 6.59. The monoisotopic (exact) mass is 468 g/mol. The number of benzene rings is 2. The van der Waals surface area contributed by atoms with Crippen molar-refractivity contribution < 1.29 is 9.59 Å². The predicted molar refractivity (Wildman–Crippen MR) is 131 cm³/mol. The van der Waals surface area contributed by atoms with E-state index in [1.807, 2.05) is 30.0 Å². The van der Waals surface area contributed by atoms with Gasteiger partial charge in [-0.1, -0.05) is 66.3 Å². The Hall–Kier alpha value is -2.15.